The molecule has 2 rings (SSSR count). The van der Waals surface area contributed by atoms with E-state index >= 15 is 0 Å². The van der Waals surface area contributed by atoms with Gasteiger partial charge >= 0.3 is 0 Å². The molecule has 1 aromatic rings. The van der Waals surface area contributed by atoms with Crippen molar-refractivity contribution < 1.29 is 38.3 Å². The molecule has 0 aromatic heterocycles. The number of hydrogen-bond donors (Lipinski definition) is 0. The zero-order valence-corrected chi connectivity index (χ0v) is 11.0. The van der Waals surface area contributed by atoms with Crippen molar-refractivity contribution in [3.63, 3.8) is 0 Å². The minimum absolute atomic E-state index is 0. The molecule has 12 heavy (non-hydrogen) atoms. The molecule has 0 heterocycles. The molecule has 0 fully saturated rings. The molecular weight excluding hydrogens is 334 g/mol. The van der Waals surface area contributed by atoms with Crippen LogP contribution in [0.25, 0.3) is 6.08 Å². The number of allylic oxidation sites excluding steroid dienone is 1. The molecule has 0 spiro atoms. The zero-order chi connectivity index (χ0) is 6.97. The third-order valence-electron chi connectivity index (χ3n) is 1.90. The van der Waals surface area contributed by atoms with Gasteiger partial charge in [-0.05, 0) is 5.56 Å². The van der Waals surface area contributed by atoms with Gasteiger partial charge in [-0.3, -0.25) is 0 Å². The molecule has 1 unspecified atom stereocenters. The molecule has 0 amide bonds. The van der Waals surface area contributed by atoms with Crippen LogP contribution in [-0.2, 0) is 25.8 Å². The monoisotopic (exact) mass is 344 g/mol. The fourth-order valence-electron chi connectivity index (χ4n) is 1.32. The normalized spacial score (nSPS) is 17.6. The summed E-state index contributed by atoms with van der Waals surface area (Å²) in [4.78, 5) is 0. The molecule has 0 aliphatic heterocycles. The van der Waals surface area contributed by atoms with Gasteiger partial charge in [-0.2, -0.15) is 0 Å². The smallest absolute Gasteiger partial charge is 0 e. The number of benzene rings is 1. The van der Waals surface area contributed by atoms with Crippen molar-refractivity contribution in [2.45, 2.75) is 5.92 Å². The maximum absolute atomic E-state index is 3.99. The molecule has 0 N–H and O–H groups in total. The van der Waals surface area contributed by atoms with Crippen LogP contribution in [0.1, 0.15) is 17.0 Å². The van der Waals surface area contributed by atoms with Crippen molar-refractivity contribution in [1.29, 1.82) is 0 Å². The maximum Gasteiger partial charge on any atom is 0 e. The van der Waals surface area contributed by atoms with Gasteiger partial charge in [0, 0.05) is 25.8 Å². The Bertz CT molecular complexity index is 281. The molecule has 0 radical (unpaired) electrons. The summed E-state index contributed by atoms with van der Waals surface area (Å²) in [6.45, 7) is 3.99. The summed E-state index contributed by atoms with van der Waals surface area (Å²) in [5.41, 5.74) is 2.67. The van der Waals surface area contributed by atoms with Crippen LogP contribution in [0.3, 0.4) is 0 Å². The van der Waals surface area contributed by atoms with E-state index in [1.54, 1.807) is 0 Å². The van der Waals surface area contributed by atoms with E-state index in [-0.39, 0.29) is 38.3 Å². The zero-order valence-electron chi connectivity index (χ0n) is 6.63. The Hall–Kier alpha value is 0.120. The van der Waals surface area contributed by atoms with Crippen molar-refractivity contribution >= 4 is 6.08 Å². The van der Waals surface area contributed by atoms with Crippen LogP contribution < -0.4 is 12.4 Å². The summed E-state index contributed by atoms with van der Waals surface area (Å²) in [6, 6.07) is 8.37. The van der Waals surface area contributed by atoms with E-state index in [0.717, 1.165) is 0 Å². The molecular formula is C10H9ClHf-2. The summed E-state index contributed by atoms with van der Waals surface area (Å²) in [7, 11) is 0. The first-order chi connectivity index (χ1) is 4.88. The predicted molar refractivity (Wildman–Crippen MR) is 43.6 cm³/mol. The fourth-order valence-corrected chi connectivity index (χ4v) is 1.32. The number of rotatable bonds is 0. The van der Waals surface area contributed by atoms with Crippen LogP contribution in [0, 0.1) is 6.92 Å². The van der Waals surface area contributed by atoms with Crippen LogP contribution in [0.2, 0.25) is 0 Å². The maximum atomic E-state index is 3.99. The molecule has 0 nitrogen and oxygen atoms in total. The largest absolute Gasteiger partial charge is 1.00 e. The summed E-state index contributed by atoms with van der Waals surface area (Å²) in [6.07, 6.45) is 4.26. The van der Waals surface area contributed by atoms with E-state index in [1.165, 1.54) is 11.1 Å². The van der Waals surface area contributed by atoms with Gasteiger partial charge < -0.3 is 19.3 Å². The Balaban J connectivity index is 0.000000605. The van der Waals surface area contributed by atoms with Crippen LogP contribution in [0.4, 0.5) is 0 Å². The minimum Gasteiger partial charge on any atom is -1.00 e. The Morgan fingerprint density at radius 3 is 2.50 bits per heavy atom. The Labute approximate surface area is 98.3 Å². The number of fused-ring (bicyclic) bond motifs is 1. The van der Waals surface area contributed by atoms with E-state index in [9.17, 15) is 0 Å². The van der Waals surface area contributed by atoms with Crippen molar-refractivity contribution in [2.24, 2.45) is 0 Å². The third-order valence-corrected chi connectivity index (χ3v) is 1.90. The quantitative estimate of drug-likeness (QED) is 0.446. The first kappa shape index (κ1) is 12.1. The van der Waals surface area contributed by atoms with Crippen LogP contribution >= 0.6 is 0 Å². The Kier molecular flexibility index (Phi) is 5.03. The summed E-state index contributed by atoms with van der Waals surface area (Å²) in [5, 5.41) is 0. The summed E-state index contributed by atoms with van der Waals surface area (Å²) in [5.74, 6) is 0.371. The second kappa shape index (κ2) is 4.98. The number of halogens is 1. The molecule has 0 saturated heterocycles. The van der Waals surface area contributed by atoms with Gasteiger partial charge in [0.1, 0.15) is 0 Å². The van der Waals surface area contributed by atoms with Crippen LogP contribution in [0.5, 0.6) is 0 Å². The van der Waals surface area contributed by atoms with E-state index < -0.39 is 0 Å². The van der Waals surface area contributed by atoms with Crippen LogP contribution in [-0.4, -0.2) is 0 Å². The van der Waals surface area contributed by atoms with Gasteiger partial charge in [-0.1, -0.05) is 35.9 Å². The Morgan fingerprint density at radius 1 is 1.17 bits per heavy atom. The molecule has 0 saturated carbocycles. The van der Waals surface area contributed by atoms with E-state index in [2.05, 4.69) is 43.3 Å². The molecule has 1 aliphatic rings. The fraction of sp³-hybridized carbons (Fsp3) is 0.100. The van der Waals surface area contributed by atoms with Gasteiger partial charge in [0.05, 0.1) is 0 Å². The van der Waals surface area contributed by atoms with Crippen molar-refractivity contribution in [2.75, 3.05) is 0 Å². The molecule has 62 valence electrons. The first-order valence-electron chi connectivity index (χ1n) is 3.48. The standard InChI is InChI=1S/C10H9.ClH.Hf/c1-8-6-7-9-4-2-3-5-10(8)9;;/h2-8H,1H2;1H;/q-1;;/p-1. The topological polar surface area (TPSA) is 0 Å². The molecule has 1 aliphatic carbocycles. The van der Waals surface area contributed by atoms with E-state index in [0.29, 0.717) is 5.92 Å². The van der Waals surface area contributed by atoms with Crippen molar-refractivity contribution in [3.8, 4) is 0 Å². The van der Waals surface area contributed by atoms with Gasteiger partial charge in [-0.25, -0.2) is 0 Å². The van der Waals surface area contributed by atoms with Gasteiger partial charge in [0.25, 0.3) is 0 Å². The molecule has 0 bridgehead atoms. The SMILES string of the molecule is [CH2-]C1C=Cc2ccccc21.[Cl-].[Hf]. The van der Waals surface area contributed by atoms with Crippen molar-refractivity contribution in [1.82, 2.24) is 0 Å². The molecule has 2 heteroatoms. The van der Waals surface area contributed by atoms with Gasteiger partial charge in [0.2, 0.25) is 0 Å². The first-order valence-corrected chi connectivity index (χ1v) is 3.48. The number of hydrogen-bond acceptors (Lipinski definition) is 0. The summed E-state index contributed by atoms with van der Waals surface area (Å²) < 4.78 is 0. The second-order valence-corrected chi connectivity index (χ2v) is 2.59. The Morgan fingerprint density at radius 2 is 1.83 bits per heavy atom. The van der Waals surface area contributed by atoms with Crippen molar-refractivity contribution in [3.05, 3.63) is 48.4 Å². The van der Waals surface area contributed by atoms with E-state index in [4.69, 9.17) is 0 Å². The third kappa shape index (κ3) is 2.08. The van der Waals surface area contributed by atoms with E-state index in [1.807, 2.05) is 0 Å². The van der Waals surface area contributed by atoms with Crippen LogP contribution in [0.15, 0.2) is 30.3 Å². The molecule has 1 aromatic carbocycles. The second-order valence-electron chi connectivity index (χ2n) is 2.59. The minimum atomic E-state index is 0. The summed E-state index contributed by atoms with van der Waals surface area (Å²) >= 11 is 0. The average Bonchev–Trinajstić information content (AvgIpc) is 2.34. The van der Waals surface area contributed by atoms with Gasteiger partial charge in [0.15, 0.2) is 0 Å². The predicted octanol–water partition coefficient (Wildman–Crippen LogP) is -0.367. The average molecular weight is 343 g/mol. The molecule has 1 atom stereocenters. The van der Waals surface area contributed by atoms with Gasteiger partial charge in [-0.15, -0.1) is 12.0 Å².